The third-order valence-corrected chi connectivity index (χ3v) is 9.71. The van der Waals surface area contributed by atoms with Gasteiger partial charge in [-0.25, -0.2) is 0 Å². The molecule has 0 bridgehead atoms. The van der Waals surface area contributed by atoms with Gasteiger partial charge in [0, 0.05) is 34.1 Å². The third-order valence-electron chi connectivity index (χ3n) is 9.71. The van der Waals surface area contributed by atoms with Crippen LogP contribution in [0.5, 0.6) is 11.5 Å². The van der Waals surface area contributed by atoms with Crippen molar-refractivity contribution in [1.29, 1.82) is 0 Å². The maximum atomic E-state index is 5.44. The SMILES string of the molecule is COc1ccc(N(c2ccccc2)c2ccc3cc4c(cc3c2)-c2cc3ccc(N(c5ccccc5)c5ccc(OC)cc5)cc3cc2-4)cc1. The monoisotopic (exact) mass is 646 g/mol. The van der Waals surface area contributed by atoms with Crippen molar-refractivity contribution in [3.63, 3.8) is 0 Å². The summed E-state index contributed by atoms with van der Waals surface area (Å²) in [6, 6.07) is 60.4. The molecule has 0 aliphatic heterocycles. The zero-order valence-electron chi connectivity index (χ0n) is 27.9. The van der Waals surface area contributed by atoms with E-state index in [1.54, 1.807) is 14.2 Å². The number of hydrogen-bond donors (Lipinski definition) is 0. The summed E-state index contributed by atoms with van der Waals surface area (Å²) in [7, 11) is 3.40. The Morgan fingerprint density at radius 3 is 0.980 bits per heavy atom. The quantitative estimate of drug-likeness (QED) is 0.164. The van der Waals surface area contributed by atoms with Crippen molar-refractivity contribution in [2.45, 2.75) is 0 Å². The molecule has 0 saturated carbocycles. The van der Waals surface area contributed by atoms with Crippen LogP contribution in [0.4, 0.5) is 34.1 Å². The highest BCUT2D eigenvalue weighted by Gasteiger charge is 2.25. The van der Waals surface area contributed by atoms with Gasteiger partial charge < -0.3 is 19.3 Å². The molecule has 1 aliphatic carbocycles. The molecule has 8 aromatic carbocycles. The van der Waals surface area contributed by atoms with E-state index in [9.17, 15) is 0 Å². The lowest BCUT2D eigenvalue weighted by molar-refractivity contribution is 0.414. The highest BCUT2D eigenvalue weighted by molar-refractivity contribution is 6.12. The first-order chi connectivity index (χ1) is 24.7. The molecule has 8 aromatic rings. The fourth-order valence-corrected chi connectivity index (χ4v) is 7.19. The van der Waals surface area contributed by atoms with Crippen molar-refractivity contribution < 1.29 is 9.47 Å². The van der Waals surface area contributed by atoms with Gasteiger partial charge in [0.2, 0.25) is 0 Å². The van der Waals surface area contributed by atoms with Crippen LogP contribution in [0.2, 0.25) is 0 Å². The smallest absolute Gasteiger partial charge is 0.119 e. The molecule has 0 N–H and O–H groups in total. The molecule has 0 amide bonds. The predicted molar refractivity (Wildman–Crippen MR) is 208 cm³/mol. The van der Waals surface area contributed by atoms with E-state index in [4.69, 9.17) is 9.47 Å². The molecule has 0 atom stereocenters. The Kier molecular flexibility index (Phi) is 7.21. The molecule has 0 spiro atoms. The molecule has 4 heteroatoms. The number of hydrogen-bond acceptors (Lipinski definition) is 4. The highest BCUT2D eigenvalue weighted by Crippen LogP contribution is 2.51. The lowest BCUT2D eigenvalue weighted by atomic mass is 9.78. The van der Waals surface area contributed by atoms with E-state index >= 15 is 0 Å². The van der Waals surface area contributed by atoms with Crippen LogP contribution in [0, 0.1) is 0 Å². The van der Waals surface area contributed by atoms with Crippen molar-refractivity contribution in [1.82, 2.24) is 0 Å². The van der Waals surface area contributed by atoms with Gasteiger partial charge >= 0.3 is 0 Å². The fourth-order valence-electron chi connectivity index (χ4n) is 7.19. The van der Waals surface area contributed by atoms with Gasteiger partial charge in [0.15, 0.2) is 0 Å². The second-order valence-electron chi connectivity index (χ2n) is 12.6. The molecule has 0 unspecified atom stereocenters. The number of benzene rings is 8. The Hall–Kier alpha value is -6.52. The Morgan fingerprint density at radius 2 is 0.620 bits per heavy atom. The van der Waals surface area contributed by atoms with Gasteiger partial charge in [-0.15, -0.1) is 0 Å². The minimum absolute atomic E-state index is 0.841. The van der Waals surface area contributed by atoms with E-state index in [1.165, 1.54) is 43.8 Å². The predicted octanol–water partition coefficient (Wildman–Crippen LogP) is 12.6. The Bertz CT molecular complexity index is 2300. The van der Waals surface area contributed by atoms with Gasteiger partial charge in [-0.3, -0.25) is 0 Å². The molecule has 0 saturated heterocycles. The first kappa shape index (κ1) is 29.6. The summed E-state index contributed by atoms with van der Waals surface area (Å²) in [5, 5.41) is 4.89. The van der Waals surface area contributed by atoms with Crippen LogP contribution in [-0.2, 0) is 0 Å². The standard InChI is InChI=1S/C46H34N2O2/c1-49-41-21-17-37(18-22-41)47(35-9-5-3-6-10-35)39-15-13-31-27-43-45(29-33(31)25-39)44-28-32-14-16-40(26-34(32)30-46(43)44)48(36-11-7-4-8-12-36)38-19-23-42(50-2)24-20-38/h3-30H,1-2H3. The van der Waals surface area contributed by atoms with Crippen LogP contribution >= 0.6 is 0 Å². The maximum absolute atomic E-state index is 5.44. The van der Waals surface area contributed by atoms with Crippen molar-refractivity contribution >= 4 is 55.7 Å². The summed E-state index contributed by atoms with van der Waals surface area (Å²) in [6.45, 7) is 0. The van der Waals surface area contributed by atoms with E-state index in [2.05, 4.69) is 155 Å². The summed E-state index contributed by atoms with van der Waals surface area (Å²) in [4.78, 5) is 4.59. The summed E-state index contributed by atoms with van der Waals surface area (Å²) in [5.74, 6) is 1.68. The summed E-state index contributed by atoms with van der Waals surface area (Å²) >= 11 is 0. The molecule has 0 heterocycles. The van der Waals surface area contributed by atoms with Gasteiger partial charge in [0.1, 0.15) is 11.5 Å². The van der Waals surface area contributed by atoms with E-state index in [-0.39, 0.29) is 0 Å². The summed E-state index contributed by atoms with van der Waals surface area (Å²) in [6.07, 6.45) is 0. The number of fused-ring (bicyclic) bond motifs is 6. The van der Waals surface area contributed by atoms with Gasteiger partial charge in [-0.05, 0) is 165 Å². The Labute approximate surface area is 292 Å². The number of nitrogens with zero attached hydrogens (tertiary/aromatic N) is 2. The second-order valence-corrected chi connectivity index (χ2v) is 12.6. The van der Waals surface area contributed by atoms with E-state index in [1.807, 2.05) is 24.3 Å². The van der Waals surface area contributed by atoms with Crippen LogP contribution in [0.25, 0.3) is 43.8 Å². The number of ether oxygens (including phenoxy) is 2. The topological polar surface area (TPSA) is 24.9 Å². The van der Waals surface area contributed by atoms with Crippen LogP contribution in [0.3, 0.4) is 0 Å². The largest absolute Gasteiger partial charge is 0.497 e. The molecule has 240 valence electrons. The molecule has 0 fully saturated rings. The zero-order valence-corrected chi connectivity index (χ0v) is 27.9. The van der Waals surface area contributed by atoms with Crippen molar-refractivity contribution in [3.8, 4) is 33.8 Å². The second kappa shape index (κ2) is 12.2. The van der Waals surface area contributed by atoms with E-state index in [0.29, 0.717) is 0 Å². The Balaban J connectivity index is 1.10. The highest BCUT2D eigenvalue weighted by atomic mass is 16.5. The van der Waals surface area contributed by atoms with Gasteiger partial charge in [0.05, 0.1) is 14.2 Å². The minimum Gasteiger partial charge on any atom is -0.497 e. The minimum atomic E-state index is 0.841. The van der Waals surface area contributed by atoms with Gasteiger partial charge in [-0.1, -0.05) is 48.5 Å². The van der Waals surface area contributed by atoms with Gasteiger partial charge in [-0.2, -0.15) is 0 Å². The van der Waals surface area contributed by atoms with Crippen LogP contribution in [0.1, 0.15) is 0 Å². The first-order valence-electron chi connectivity index (χ1n) is 16.8. The lowest BCUT2D eigenvalue weighted by Gasteiger charge is -2.28. The van der Waals surface area contributed by atoms with Crippen LogP contribution in [-0.4, -0.2) is 14.2 Å². The summed E-state index contributed by atoms with van der Waals surface area (Å²) in [5.41, 5.74) is 11.8. The van der Waals surface area contributed by atoms with Crippen LogP contribution in [0.15, 0.2) is 170 Å². The molecule has 1 aliphatic rings. The van der Waals surface area contributed by atoms with Crippen LogP contribution < -0.4 is 19.3 Å². The normalized spacial score (nSPS) is 11.4. The Morgan fingerprint density at radius 1 is 0.300 bits per heavy atom. The van der Waals surface area contributed by atoms with Crippen molar-refractivity contribution in [3.05, 3.63) is 170 Å². The molecule has 50 heavy (non-hydrogen) atoms. The number of para-hydroxylation sites is 2. The third kappa shape index (κ3) is 5.10. The molecule has 9 rings (SSSR count). The molecular formula is C46H34N2O2. The molecule has 4 nitrogen and oxygen atoms in total. The van der Waals surface area contributed by atoms with E-state index < -0.39 is 0 Å². The molecule has 0 aromatic heterocycles. The van der Waals surface area contributed by atoms with E-state index in [0.717, 1.165) is 45.6 Å². The van der Waals surface area contributed by atoms with Gasteiger partial charge in [0.25, 0.3) is 0 Å². The lowest BCUT2D eigenvalue weighted by Crippen LogP contribution is -2.10. The average molecular weight is 647 g/mol. The fraction of sp³-hybridized carbons (Fsp3) is 0.0435. The number of anilines is 6. The van der Waals surface area contributed by atoms with Crippen molar-refractivity contribution in [2.75, 3.05) is 24.0 Å². The van der Waals surface area contributed by atoms with Crippen molar-refractivity contribution in [2.24, 2.45) is 0 Å². The summed E-state index contributed by atoms with van der Waals surface area (Å²) < 4.78 is 10.9. The maximum Gasteiger partial charge on any atom is 0.119 e. The number of rotatable bonds is 8. The first-order valence-corrected chi connectivity index (χ1v) is 16.8. The molecule has 0 radical (unpaired) electrons. The zero-order chi connectivity index (χ0) is 33.6. The average Bonchev–Trinajstić information content (AvgIpc) is 3.18. The molecular weight excluding hydrogens is 613 g/mol. The number of methoxy groups -OCH3 is 2.